The molecule has 112 valence electrons. The summed E-state index contributed by atoms with van der Waals surface area (Å²) in [7, 11) is 1.59. The SMILES string of the molecule is COc1ccccc1Nc1nsc(=O)n1-c1cccc(Cl)c1. The van der Waals surface area contributed by atoms with Crippen LogP contribution in [0.4, 0.5) is 11.6 Å². The normalized spacial score (nSPS) is 10.5. The van der Waals surface area contributed by atoms with Gasteiger partial charge in [0.25, 0.3) is 0 Å². The Morgan fingerprint density at radius 2 is 2.05 bits per heavy atom. The zero-order valence-electron chi connectivity index (χ0n) is 11.6. The average Bonchev–Trinajstić information content (AvgIpc) is 2.88. The van der Waals surface area contributed by atoms with E-state index >= 15 is 0 Å². The minimum atomic E-state index is -0.195. The lowest BCUT2D eigenvalue weighted by atomic mass is 10.3. The van der Waals surface area contributed by atoms with Crippen LogP contribution in [-0.4, -0.2) is 16.1 Å². The summed E-state index contributed by atoms with van der Waals surface area (Å²) >= 11 is 6.88. The summed E-state index contributed by atoms with van der Waals surface area (Å²) < 4.78 is 10.9. The van der Waals surface area contributed by atoms with Crippen molar-refractivity contribution < 1.29 is 4.74 Å². The number of methoxy groups -OCH3 is 1. The molecule has 1 N–H and O–H groups in total. The highest BCUT2D eigenvalue weighted by molar-refractivity contribution is 7.03. The van der Waals surface area contributed by atoms with Gasteiger partial charge in [0.1, 0.15) is 5.75 Å². The molecule has 7 heteroatoms. The second-order valence-electron chi connectivity index (χ2n) is 4.41. The first-order valence-electron chi connectivity index (χ1n) is 6.44. The summed E-state index contributed by atoms with van der Waals surface area (Å²) in [5, 5.41) is 3.68. The summed E-state index contributed by atoms with van der Waals surface area (Å²) in [5.74, 6) is 1.09. The number of nitrogens with one attached hydrogen (secondary N) is 1. The predicted molar refractivity (Wildman–Crippen MR) is 89.0 cm³/mol. The summed E-state index contributed by atoms with van der Waals surface area (Å²) in [6.45, 7) is 0. The molecule has 5 nitrogen and oxygen atoms in total. The second-order valence-corrected chi connectivity index (χ2v) is 5.56. The lowest BCUT2D eigenvalue weighted by molar-refractivity contribution is 0.417. The Morgan fingerprint density at radius 1 is 1.23 bits per heavy atom. The van der Waals surface area contributed by atoms with E-state index in [4.69, 9.17) is 16.3 Å². The first-order chi connectivity index (χ1) is 10.7. The highest BCUT2D eigenvalue weighted by Gasteiger charge is 2.13. The standard InChI is InChI=1S/C15H12ClN3O2S/c1-21-13-8-3-2-7-12(13)17-14-18-22-15(20)19(14)11-6-4-5-10(16)9-11/h2-9H,1H3,(H,17,18). The first-order valence-corrected chi connectivity index (χ1v) is 7.59. The Bertz CT molecular complexity index is 860. The number of hydrogen-bond acceptors (Lipinski definition) is 5. The van der Waals surface area contributed by atoms with Crippen LogP contribution in [0, 0.1) is 0 Å². The fraction of sp³-hybridized carbons (Fsp3) is 0.0667. The van der Waals surface area contributed by atoms with E-state index in [1.54, 1.807) is 31.4 Å². The number of para-hydroxylation sites is 2. The van der Waals surface area contributed by atoms with Crippen molar-refractivity contribution >= 4 is 34.8 Å². The lowest BCUT2D eigenvalue weighted by Gasteiger charge is -2.11. The molecule has 1 heterocycles. The molecular weight excluding hydrogens is 322 g/mol. The van der Waals surface area contributed by atoms with E-state index in [0.29, 0.717) is 22.4 Å². The van der Waals surface area contributed by atoms with Gasteiger partial charge in [0, 0.05) is 16.6 Å². The average molecular weight is 334 g/mol. The van der Waals surface area contributed by atoms with Crippen molar-refractivity contribution in [3.05, 3.63) is 63.2 Å². The molecule has 0 spiro atoms. The van der Waals surface area contributed by atoms with Gasteiger partial charge in [-0.25, -0.2) is 4.57 Å². The predicted octanol–water partition coefficient (Wildman–Crippen LogP) is 3.70. The summed E-state index contributed by atoms with van der Waals surface area (Å²) in [6, 6.07) is 14.5. The van der Waals surface area contributed by atoms with Gasteiger partial charge in [0.2, 0.25) is 5.95 Å². The maximum atomic E-state index is 12.1. The van der Waals surface area contributed by atoms with Gasteiger partial charge >= 0.3 is 4.87 Å². The van der Waals surface area contributed by atoms with Gasteiger partial charge in [0.05, 0.1) is 18.5 Å². The van der Waals surface area contributed by atoms with Crippen molar-refractivity contribution in [2.24, 2.45) is 0 Å². The van der Waals surface area contributed by atoms with E-state index < -0.39 is 0 Å². The molecule has 3 rings (SSSR count). The minimum absolute atomic E-state index is 0.195. The molecule has 22 heavy (non-hydrogen) atoms. The van der Waals surface area contributed by atoms with Crippen LogP contribution in [0.5, 0.6) is 5.75 Å². The second kappa shape index (κ2) is 6.21. The number of anilines is 2. The molecule has 2 aromatic carbocycles. The minimum Gasteiger partial charge on any atom is -0.495 e. The molecule has 0 aliphatic carbocycles. The van der Waals surface area contributed by atoms with Crippen molar-refractivity contribution in [3.8, 4) is 11.4 Å². The maximum absolute atomic E-state index is 12.1. The van der Waals surface area contributed by atoms with Crippen LogP contribution in [-0.2, 0) is 0 Å². The lowest BCUT2D eigenvalue weighted by Crippen LogP contribution is -2.13. The molecule has 0 atom stereocenters. The molecule has 1 aromatic heterocycles. The molecule has 0 aliphatic rings. The smallest absolute Gasteiger partial charge is 0.332 e. The Hall–Kier alpha value is -2.31. The van der Waals surface area contributed by atoms with Crippen molar-refractivity contribution in [2.75, 3.05) is 12.4 Å². The Balaban J connectivity index is 2.05. The molecule has 0 fully saturated rings. The zero-order valence-corrected chi connectivity index (χ0v) is 13.2. The van der Waals surface area contributed by atoms with Crippen LogP contribution in [0.3, 0.4) is 0 Å². The third-order valence-corrected chi connectivity index (χ3v) is 3.86. The van der Waals surface area contributed by atoms with Crippen molar-refractivity contribution in [1.29, 1.82) is 0 Å². The number of benzene rings is 2. The van der Waals surface area contributed by atoms with Crippen LogP contribution in [0.15, 0.2) is 53.3 Å². The summed E-state index contributed by atoms with van der Waals surface area (Å²) in [4.78, 5) is 11.9. The van der Waals surface area contributed by atoms with Gasteiger partial charge in [-0.15, -0.1) is 0 Å². The van der Waals surface area contributed by atoms with Gasteiger partial charge < -0.3 is 10.1 Å². The summed E-state index contributed by atoms with van der Waals surface area (Å²) in [5.41, 5.74) is 1.38. The van der Waals surface area contributed by atoms with Crippen molar-refractivity contribution in [1.82, 2.24) is 8.94 Å². The highest BCUT2D eigenvalue weighted by Crippen LogP contribution is 2.27. The van der Waals surface area contributed by atoms with E-state index in [1.807, 2.05) is 24.3 Å². The van der Waals surface area contributed by atoms with Gasteiger partial charge in [-0.1, -0.05) is 29.8 Å². The number of nitrogens with zero attached hydrogens (tertiary/aromatic N) is 2. The fourth-order valence-corrected chi connectivity index (χ4v) is 2.79. The number of halogens is 1. The molecule has 0 radical (unpaired) electrons. The van der Waals surface area contributed by atoms with E-state index in [2.05, 4.69) is 9.69 Å². The van der Waals surface area contributed by atoms with Gasteiger partial charge in [-0.2, -0.15) is 4.37 Å². The fourth-order valence-electron chi connectivity index (χ4n) is 2.04. The zero-order chi connectivity index (χ0) is 15.5. The van der Waals surface area contributed by atoms with E-state index in [9.17, 15) is 4.79 Å². The third-order valence-electron chi connectivity index (χ3n) is 3.02. The molecule has 0 saturated heterocycles. The maximum Gasteiger partial charge on any atom is 0.332 e. The number of rotatable bonds is 4. The van der Waals surface area contributed by atoms with Gasteiger partial charge in [-0.05, 0) is 30.3 Å². The van der Waals surface area contributed by atoms with E-state index in [1.165, 1.54) is 4.57 Å². The van der Waals surface area contributed by atoms with Gasteiger partial charge in [0.15, 0.2) is 0 Å². The Labute approximate surface area is 135 Å². The molecule has 0 aliphatic heterocycles. The third kappa shape index (κ3) is 2.84. The van der Waals surface area contributed by atoms with Crippen LogP contribution < -0.4 is 14.9 Å². The Kier molecular flexibility index (Phi) is 4.13. The largest absolute Gasteiger partial charge is 0.495 e. The molecular formula is C15H12ClN3O2S. The number of hydrogen-bond donors (Lipinski definition) is 1. The molecule has 0 amide bonds. The molecule has 0 unspecified atom stereocenters. The van der Waals surface area contributed by atoms with Crippen molar-refractivity contribution in [2.45, 2.75) is 0 Å². The Morgan fingerprint density at radius 3 is 2.82 bits per heavy atom. The first kappa shape index (κ1) is 14.6. The number of aromatic nitrogens is 2. The van der Waals surface area contributed by atoms with Crippen LogP contribution >= 0.6 is 23.1 Å². The van der Waals surface area contributed by atoms with Crippen molar-refractivity contribution in [3.63, 3.8) is 0 Å². The highest BCUT2D eigenvalue weighted by atomic mass is 35.5. The van der Waals surface area contributed by atoms with Crippen LogP contribution in [0.1, 0.15) is 0 Å². The monoisotopic (exact) mass is 333 g/mol. The molecule has 0 bridgehead atoms. The van der Waals surface area contributed by atoms with Crippen LogP contribution in [0.2, 0.25) is 5.02 Å². The molecule has 0 saturated carbocycles. The van der Waals surface area contributed by atoms with Gasteiger partial charge in [-0.3, -0.25) is 4.79 Å². The number of ether oxygens (including phenoxy) is 1. The summed E-state index contributed by atoms with van der Waals surface area (Å²) in [6.07, 6.45) is 0. The van der Waals surface area contributed by atoms with Crippen LogP contribution in [0.25, 0.3) is 5.69 Å². The topological polar surface area (TPSA) is 56.1 Å². The van der Waals surface area contributed by atoms with E-state index in [0.717, 1.165) is 17.2 Å². The molecule has 3 aromatic rings. The quantitative estimate of drug-likeness (QED) is 0.791. The van der Waals surface area contributed by atoms with E-state index in [-0.39, 0.29) is 4.87 Å².